The molecule has 1 N–H and O–H groups in total. The number of carbonyl (C=O) groups excluding carboxylic acids is 2. The summed E-state index contributed by atoms with van der Waals surface area (Å²) in [6.45, 7) is 21.7. The van der Waals surface area contributed by atoms with Crippen LogP contribution in [0.4, 0.5) is 5.13 Å². The van der Waals surface area contributed by atoms with Gasteiger partial charge in [-0.05, 0) is 33.5 Å². The van der Waals surface area contributed by atoms with Crippen LogP contribution in [0.3, 0.4) is 0 Å². The van der Waals surface area contributed by atoms with Crippen LogP contribution >= 0.6 is 23.1 Å². The second kappa shape index (κ2) is 14.2. The molecule has 1 unspecified atom stereocenters. The number of anilines is 1. The molecule has 11 heteroatoms. The van der Waals surface area contributed by atoms with Crippen molar-refractivity contribution in [2.75, 3.05) is 31.2 Å². The van der Waals surface area contributed by atoms with Crippen LogP contribution < -0.4 is 20.6 Å². The number of carbonyl (C=O) groups is 2. The van der Waals surface area contributed by atoms with Gasteiger partial charge in [-0.2, -0.15) is 0 Å². The van der Waals surface area contributed by atoms with E-state index in [1.807, 2.05) is 17.5 Å². The fraction of sp³-hybridized carbons (Fsp3) is 0.500. The number of hydrogen-bond acceptors (Lipinski definition) is 8. The Hall–Kier alpha value is -2.29. The van der Waals surface area contributed by atoms with Crippen LogP contribution in [0.25, 0.3) is 0 Å². The van der Waals surface area contributed by atoms with Crippen molar-refractivity contribution >= 4 is 66.3 Å². The van der Waals surface area contributed by atoms with Crippen molar-refractivity contribution in [1.82, 2.24) is 10.3 Å². The van der Waals surface area contributed by atoms with Gasteiger partial charge in [0.2, 0.25) is 0 Å². The number of rotatable bonds is 12. The van der Waals surface area contributed by atoms with E-state index < -0.39 is 16.6 Å². The van der Waals surface area contributed by atoms with Gasteiger partial charge in [0.05, 0.1) is 19.3 Å². The van der Waals surface area contributed by atoms with Gasteiger partial charge in [-0.15, -0.1) is 11.3 Å². The summed E-state index contributed by atoms with van der Waals surface area (Å²) in [5, 5.41) is 8.49. The molecule has 7 nitrogen and oxygen atoms in total. The summed E-state index contributed by atoms with van der Waals surface area (Å²) in [7, 11) is -4.93. The molecule has 0 spiro atoms. The molecule has 244 valence electrons. The summed E-state index contributed by atoms with van der Waals surface area (Å²) < 4.78 is 13.9. The normalized spacial score (nSPS) is 15.4. The van der Waals surface area contributed by atoms with Crippen molar-refractivity contribution in [3.63, 3.8) is 0 Å². The predicted octanol–water partition coefficient (Wildman–Crippen LogP) is 6.31. The lowest BCUT2D eigenvalue weighted by atomic mass is 10.2. The van der Waals surface area contributed by atoms with E-state index in [1.54, 1.807) is 6.92 Å². The molecule has 45 heavy (non-hydrogen) atoms. The number of thiazole rings is 1. The standard InChI is InChI=1S/C34H49N3O4S2Si2/c1-25(38)43-27-20-37(21-27)32-36-30(24-42-32)31(39)35-26(22-40-44(8,9)33(2,3)4)23-41-45(34(5,6)7,28-16-12-10-13-17-28)29-18-14-11-15-19-29/h10-19,24,26-27H,20-23H2,1-9H3,(H,35,39). The van der Waals surface area contributed by atoms with Gasteiger partial charge < -0.3 is 19.1 Å². The maximum Gasteiger partial charge on any atom is 0.271 e. The molecule has 2 heterocycles. The summed E-state index contributed by atoms with van der Waals surface area (Å²) in [5.74, 6) is -0.234. The quantitative estimate of drug-likeness (QED) is 0.224. The molecule has 1 atom stereocenters. The molecule has 3 aromatic rings. The molecule has 0 radical (unpaired) electrons. The predicted molar refractivity (Wildman–Crippen MR) is 194 cm³/mol. The van der Waals surface area contributed by atoms with Gasteiger partial charge in [0.1, 0.15) is 5.69 Å². The van der Waals surface area contributed by atoms with Crippen LogP contribution in [0.5, 0.6) is 0 Å². The topological polar surface area (TPSA) is 80.8 Å². The SMILES string of the molecule is CC(=O)SC1CN(c2nc(C(=O)NC(CO[Si](C)(C)C(C)(C)C)CO[Si](c3ccccc3)(c3ccccc3)C(C)(C)C)cs2)C1. The Morgan fingerprint density at radius 1 is 0.933 bits per heavy atom. The lowest BCUT2D eigenvalue weighted by Gasteiger charge is -2.44. The maximum atomic E-state index is 13.7. The van der Waals surface area contributed by atoms with E-state index in [4.69, 9.17) is 8.85 Å². The number of hydrogen-bond donors (Lipinski definition) is 1. The Bertz CT molecular complexity index is 1390. The molecule has 1 aliphatic rings. The first kappa shape index (κ1) is 35.6. The molecule has 1 aliphatic heterocycles. The Balaban J connectivity index is 1.59. The fourth-order valence-corrected chi connectivity index (χ4v) is 12.8. The minimum atomic E-state index is -2.82. The van der Waals surface area contributed by atoms with Crippen molar-refractivity contribution in [2.24, 2.45) is 0 Å². The average molecular weight is 684 g/mol. The summed E-state index contributed by atoms with van der Waals surface area (Å²) >= 11 is 2.83. The van der Waals surface area contributed by atoms with Crippen LogP contribution in [0.1, 0.15) is 59.0 Å². The zero-order chi connectivity index (χ0) is 33.0. The molecule has 0 bridgehead atoms. The van der Waals surface area contributed by atoms with Gasteiger partial charge >= 0.3 is 0 Å². The minimum Gasteiger partial charge on any atom is -0.415 e. The van der Waals surface area contributed by atoms with E-state index in [1.165, 1.54) is 33.5 Å². The third-order valence-electron chi connectivity index (χ3n) is 8.88. The van der Waals surface area contributed by atoms with Crippen molar-refractivity contribution in [3.8, 4) is 0 Å². The smallest absolute Gasteiger partial charge is 0.271 e. The highest BCUT2D eigenvalue weighted by atomic mass is 32.2. The monoisotopic (exact) mass is 683 g/mol. The van der Waals surface area contributed by atoms with Gasteiger partial charge in [0.25, 0.3) is 14.2 Å². The lowest BCUT2D eigenvalue weighted by Crippen LogP contribution is -2.67. The highest BCUT2D eigenvalue weighted by molar-refractivity contribution is 8.14. The van der Waals surface area contributed by atoms with Crippen LogP contribution in [0, 0.1) is 0 Å². The summed E-state index contributed by atoms with van der Waals surface area (Å²) in [4.78, 5) is 31.9. The van der Waals surface area contributed by atoms with E-state index in [0.717, 1.165) is 18.2 Å². The molecule has 1 aromatic heterocycles. The number of aromatic nitrogens is 1. The highest BCUT2D eigenvalue weighted by Crippen LogP contribution is 2.38. The van der Waals surface area contributed by atoms with E-state index in [2.05, 4.69) is 118 Å². The number of thioether (sulfide) groups is 1. The minimum absolute atomic E-state index is 0.0278. The van der Waals surface area contributed by atoms with Crippen LogP contribution in [-0.2, 0) is 13.6 Å². The largest absolute Gasteiger partial charge is 0.415 e. The molecule has 4 rings (SSSR count). The average Bonchev–Trinajstić information content (AvgIpc) is 3.43. The number of benzene rings is 2. The second-order valence-corrected chi connectivity index (χ2v) is 25.8. The van der Waals surface area contributed by atoms with E-state index in [-0.39, 0.29) is 32.4 Å². The van der Waals surface area contributed by atoms with Gasteiger partial charge in [0.15, 0.2) is 18.6 Å². The fourth-order valence-electron chi connectivity index (χ4n) is 5.32. The van der Waals surface area contributed by atoms with Crippen LogP contribution in [0.15, 0.2) is 66.0 Å². The van der Waals surface area contributed by atoms with Crippen LogP contribution in [-0.4, -0.2) is 70.2 Å². The summed E-state index contributed by atoms with van der Waals surface area (Å²) in [5.41, 5.74) is 0.389. The third-order valence-corrected chi connectivity index (χ3v) is 20.3. The second-order valence-electron chi connectivity index (χ2n) is 14.4. The molecule has 0 saturated carbocycles. The Labute approximate surface area is 279 Å². The van der Waals surface area contributed by atoms with Gasteiger partial charge in [0, 0.05) is 30.6 Å². The molecule has 1 amide bonds. The molecule has 1 fully saturated rings. The van der Waals surface area contributed by atoms with E-state index in [0.29, 0.717) is 18.9 Å². The number of nitrogens with zero attached hydrogens (tertiary/aromatic N) is 2. The first-order valence-corrected chi connectivity index (χ1v) is 22.2. The van der Waals surface area contributed by atoms with Gasteiger partial charge in [-0.1, -0.05) is 114 Å². The lowest BCUT2D eigenvalue weighted by molar-refractivity contribution is -0.109. The summed E-state index contributed by atoms with van der Waals surface area (Å²) in [6.07, 6.45) is 0. The Kier molecular flexibility index (Phi) is 11.2. The molecular weight excluding hydrogens is 635 g/mol. The first-order valence-electron chi connectivity index (χ1n) is 15.6. The van der Waals surface area contributed by atoms with Crippen molar-refractivity contribution < 1.29 is 18.4 Å². The van der Waals surface area contributed by atoms with E-state index in [9.17, 15) is 9.59 Å². The van der Waals surface area contributed by atoms with Crippen molar-refractivity contribution in [2.45, 2.75) is 82.9 Å². The van der Waals surface area contributed by atoms with Gasteiger partial charge in [-0.25, -0.2) is 4.98 Å². The number of nitrogens with one attached hydrogen (secondary N) is 1. The summed E-state index contributed by atoms with van der Waals surface area (Å²) in [6, 6.07) is 20.7. The first-order chi connectivity index (χ1) is 21.0. The zero-order valence-corrected chi connectivity index (χ0v) is 31.8. The molecular formula is C34H49N3O4S2Si2. The maximum absolute atomic E-state index is 13.7. The molecule has 2 aromatic carbocycles. The van der Waals surface area contributed by atoms with Gasteiger partial charge in [-0.3, -0.25) is 9.59 Å². The zero-order valence-electron chi connectivity index (χ0n) is 28.2. The third kappa shape index (κ3) is 8.36. The highest BCUT2D eigenvalue weighted by Gasteiger charge is 2.50. The van der Waals surface area contributed by atoms with Crippen molar-refractivity contribution in [1.29, 1.82) is 0 Å². The Morgan fingerprint density at radius 2 is 1.47 bits per heavy atom. The molecule has 0 aliphatic carbocycles. The Morgan fingerprint density at radius 3 is 1.96 bits per heavy atom. The molecule has 1 saturated heterocycles. The van der Waals surface area contributed by atoms with Crippen molar-refractivity contribution in [3.05, 3.63) is 71.7 Å². The number of amides is 1. The van der Waals surface area contributed by atoms with E-state index >= 15 is 0 Å². The van der Waals surface area contributed by atoms with Crippen LogP contribution in [0.2, 0.25) is 23.2 Å².